The lowest BCUT2D eigenvalue weighted by molar-refractivity contribution is -0.167. The van der Waals surface area contributed by atoms with Crippen LogP contribution in [-0.2, 0) is 25.6 Å². The van der Waals surface area contributed by atoms with Gasteiger partial charge in [-0.3, -0.25) is 14.4 Å². The maximum Gasteiger partial charge on any atom is 0.471 e. The molecule has 3 amide bonds. The molecule has 1 saturated carbocycles. The minimum absolute atomic E-state index is 0.139. The molecule has 3 rings (SSSR count). The van der Waals surface area contributed by atoms with Crippen molar-refractivity contribution in [2.45, 2.75) is 55.9 Å². The molecule has 2 aromatic rings. The van der Waals surface area contributed by atoms with Crippen LogP contribution in [0.5, 0.6) is 0 Å². The van der Waals surface area contributed by atoms with Crippen molar-refractivity contribution >= 4 is 33.2 Å². The summed E-state index contributed by atoms with van der Waals surface area (Å²) in [6.45, 7) is 1.05. The van der Waals surface area contributed by atoms with E-state index < -0.39 is 75.2 Å². The van der Waals surface area contributed by atoms with E-state index in [-0.39, 0.29) is 16.7 Å². The Morgan fingerprint density at radius 2 is 1.56 bits per heavy atom. The average molecular weight is 608 g/mol. The molecular formula is C26H27F6N3O5S. The van der Waals surface area contributed by atoms with Crippen LogP contribution in [0.15, 0.2) is 47.4 Å². The smallest absolute Gasteiger partial charge is 0.352 e. The number of halogens is 6. The fourth-order valence-corrected chi connectivity index (χ4v) is 6.15. The highest BCUT2D eigenvalue weighted by atomic mass is 32.2. The fourth-order valence-electron chi connectivity index (χ4n) is 4.45. The molecule has 0 heterocycles. The molecule has 0 aromatic heterocycles. The van der Waals surface area contributed by atoms with Gasteiger partial charge in [0.1, 0.15) is 0 Å². The van der Waals surface area contributed by atoms with Crippen LogP contribution in [0.1, 0.15) is 47.2 Å². The lowest BCUT2D eigenvalue weighted by Gasteiger charge is -2.32. The van der Waals surface area contributed by atoms with Crippen molar-refractivity contribution in [3.63, 3.8) is 0 Å². The third kappa shape index (κ3) is 8.68. The Hall–Kier alpha value is -3.62. The maximum atomic E-state index is 13.2. The Kier molecular flexibility index (Phi) is 9.72. The third-order valence-electron chi connectivity index (χ3n) is 6.58. The molecule has 15 heteroatoms. The molecule has 0 saturated heterocycles. The number of hydrogen-bond donors (Lipinski definition) is 3. The second kappa shape index (κ2) is 12.5. The van der Waals surface area contributed by atoms with Crippen molar-refractivity contribution < 1.29 is 49.1 Å². The van der Waals surface area contributed by atoms with Crippen molar-refractivity contribution in [2.75, 3.05) is 17.6 Å². The number of carbonyl (C=O) groups excluding carboxylic acids is 3. The van der Waals surface area contributed by atoms with Crippen molar-refractivity contribution in [3.8, 4) is 0 Å². The number of alkyl halides is 6. The van der Waals surface area contributed by atoms with Crippen LogP contribution in [-0.4, -0.2) is 50.7 Å². The first-order valence-corrected chi connectivity index (χ1v) is 14.1. The van der Waals surface area contributed by atoms with Gasteiger partial charge in [-0.1, -0.05) is 30.5 Å². The van der Waals surface area contributed by atoms with Gasteiger partial charge in [0, 0.05) is 6.04 Å². The number of aryl methyl sites for hydroxylation is 1. The van der Waals surface area contributed by atoms with E-state index in [4.69, 9.17) is 0 Å². The number of nitrogens with one attached hydrogen (secondary N) is 3. The highest BCUT2D eigenvalue weighted by Gasteiger charge is 2.40. The number of rotatable bonds is 8. The third-order valence-corrected chi connectivity index (χ3v) is 8.43. The van der Waals surface area contributed by atoms with E-state index in [1.807, 2.05) is 12.2 Å². The summed E-state index contributed by atoms with van der Waals surface area (Å²) in [7, 11) is -3.68. The molecule has 3 N–H and O–H groups in total. The molecule has 1 aliphatic rings. The van der Waals surface area contributed by atoms with E-state index in [0.29, 0.717) is 31.4 Å². The molecule has 8 nitrogen and oxygen atoms in total. The van der Waals surface area contributed by atoms with Gasteiger partial charge >= 0.3 is 18.3 Å². The monoisotopic (exact) mass is 607 g/mol. The second-order valence-electron chi connectivity index (χ2n) is 9.71. The van der Waals surface area contributed by atoms with E-state index in [1.54, 1.807) is 12.1 Å². The fraction of sp³-hybridized carbons (Fsp3) is 0.423. The lowest BCUT2D eigenvalue weighted by Crippen LogP contribution is -2.47. The van der Waals surface area contributed by atoms with Gasteiger partial charge < -0.3 is 16.0 Å². The number of carbonyl (C=O) groups is 3. The van der Waals surface area contributed by atoms with Crippen LogP contribution in [0.2, 0.25) is 0 Å². The Balaban J connectivity index is 1.69. The van der Waals surface area contributed by atoms with E-state index in [0.717, 1.165) is 12.0 Å². The van der Waals surface area contributed by atoms with Crippen LogP contribution in [0.3, 0.4) is 0 Å². The Morgan fingerprint density at radius 3 is 2.17 bits per heavy atom. The van der Waals surface area contributed by atoms with Crippen LogP contribution in [0.4, 0.5) is 32.0 Å². The molecule has 0 bridgehead atoms. The van der Waals surface area contributed by atoms with Gasteiger partial charge in [-0.05, 0) is 56.0 Å². The zero-order chi connectivity index (χ0) is 30.6. The summed E-state index contributed by atoms with van der Waals surface area (Å²) in [5.41, 5.74) is -2.26. The molecule has 0 unspecified atom stereocenters. The number of benzene rings is 2. The molecule has 41 heavy (non-hydrogen) atoms. The van der Waals surface area contributed by atoms with Crippen LogP contribution in [0, 0.1) is 12.8 Å². The van der Waals surface area contributed by atoms with Crippen molar-refractivity contribution in [3.05, 3.63) is 59.2 Å². The summed E-state index contributed by atoms with van der Waals surface area (Å²) >= 11 is 0. The summed E-state index contributed by atoms with van der Waals surface area (Å²) < 4.78 is 103. The minimum Gasteiger partial charge on any atom is -0.352 e. The van der Waals surface area contributed by atoms with Gasteiger partial charge in [0.25, 0.3) is 5.91 Å². The van der Waals surface area contributed by atoms with Gasteiger partial charge in [-0.15, -0.1) is 0 Å². The summed E-state index contributed by atoms with van der Waals surface area (Å²) in [6, 6.07) is 6.91. The second-order valence-corrected chi connectivity index (χ2v) is 11.7. The normalized spacial score (nSPS) is 17.9. The Bertz CT molecular complexity index is 1390. The lowest BCUT2D eigenvalue weighted by atomic mass is 9.86. The van der Waals surface area contributed by atoms with Crippen molar-refractivity contribution in [2.24, 2.45) is 5.92 Å². The molecule has 1 fully saturated rings. The van der Waals surface area contributed by atoms with E-state index in [9.17, 15) is 49.1 Å². The molecule has 0 spiro atoms. The predicted octanol–water partition coefficient (Wildman–Crippen LogP) is 4.39. The van der Waals surface area contributed by atoms with E-state index in [1.165, 1.54) is 17.4 Å². The number of sulfone groups is 1. The molecule has 2 atom stereocenters. The molecular weight excluding hydrogens is 580 g/mol. The first-order chi connectivity index (χ1) is 19.0. The van der Waals surface area contributed by atoms with Crippen LogP contribution >= 0.6 is 0 Å². The molecule has 2 aromatic carbocycles. The molecule has 0 radical (unpaired) electrons. The topological polar surface area (TPSA) is 121 Å². The van der Waals surface area contributed by atoms with Crippen molar-refractivity contribution in [1.29, 1.82) is 0 Å². The SMILES string of the molecule is Cc1ccc(S(=O)(=O)C[C@@H]2CCCC[C@@H]2NC(=O)CNC(=O)c2cc(C(F)(F)F)ccc2NC(=O)C(F)(F)F)cc1. The summed E-state index contributed by atoms with van der Waals surface area (Å²) in [4.78, 5) is 36.7. The quantitative estimate of drug-likeness (QED) is 0.385. The first kappa shape index (κ1) is 31.9. The number of amides is 3. The van der Waals surface area contributed by atoms with Gasteiger partial charge in [0.15, 0.2) is 9.84 Å². The zero-order valence-corrected chi connectivity index (χ0v) is 22.5. The summed E-state index contributed by atoms with van der Waals surface area (Å²) in [5.74, 6) is -5.31. The van der Waals surface area contributed by atoms with Gasteiger partial charge in [-0.2, -0.15) is 26.3 Å². The van der Waals surface area contributed by atoms with Crippen LogP contribution < -0.4 is 16.0 Å². The average Bonchev–Trinajstić information content (AvgIpc) is 2.87. The first-order valence-electron chi connectivity index (χ1n) is 12.4. The van der Waals surface area contributed by atoms with Gasteiger partial charge in [0.2, 0.25) is 5.91 Å². The Labute approximate surface area is 231 Å². The number of anilines is 1. The molecule has 224 valence electrons. The van der Waals surface area contributed by atoms with Crippen molar-refractivity contribution in [1.82, 2.24) is 10.6 Å². The summed E-state index contributed by atoms with van der Waals surface area (Å²) in [5, 5.41) is 6.05. The molecule has 1 aliphatic carbocycles. The standard InChI is InChI=1S/C26H27F6N3O5S/c1-15-6-9-18(10-7-15)41(39,40)14-16-4-2-3-5-20(16)34-22(36)13-33-23(37)19-12-17(25(27,28)29)8-11-21(19)35-24(38)26(30,31)32/h6-12,16,20H,2-5,13-14H2,1H3,(H,33,37)(H,34,36)(H,35,38)/t16-,20-/m0/s1. The predicted molar refractivity (Wildman–Crippen MR) is 136 cm³/mol. The minimum atomic E-state index is -5.38. The van der Waals surface area contributed by atoms with E-state index in [2.05, 4.69) is 5.32 Å². The van der Waals surface area contributed by atoms with Crippen LogP contribution in [0.25, 0.3) is 0 Å². The van der Waals surface area contributed by atoms with Gasteiger partial charge in [-0.25, -0.2) is 8.42 Å². The maximum absolute atomic E-state index is 13.2. The number of hydrogen-bond acceptors (Lipinski definition) is 5. The highest BCUT2D eigenvalue weighted by Crippen LogP contribution is 2.33. The Morgan fingerprint density at radius 1 is 0.927 bits per heavy atom. The largest absolute Gasteiger partial charge is 0.471 e. The zero-order valence-electron chi connectivity index (χ0n) is 21.7. The molecule has 0 aliphatic heterocycles. The highest BCUT2D eigenvalue weighted by molar-refractivity contribution is 7.91. The van der Waals surface area contributed by atoms with Gasteiger partial charge in [0.05, 0.1) is 34.0 Å². The van der Waals surface area contributed by atoms with E-state index >= 15 is 0 Å². The summed E-state index contributed by atoms with van der Waals surface area (Å²) in [6.07, 6.45) is -7.93.